The third kappa shape index (κ3) is 11.7. The normalized spacial score (nSPS) is 11.9. The molecule has 6 nitrogen and oxygen atoms in total. The molecule has 1 amide bonds. The van der Waals surface area contributed by atoms with E-state index in [0.717, 1.165) is 6.54 Å². The average Bonchev–Trinajstić information content (AvgIpc) is 2.37. The highest BCUT2D eigenvalue weighted by Gasteiger charge is 2.16. The lowest BCUT2D eigenvalue weighted by Crippen LogP contribution is -2.46. The smallest absolute Gasteiger partial charge is 0.243 e. The molecule has 0 radical (unpaired) electrons. The van der Waals surface area contributed by atoms with Gasteiger partial charge < -0.3 is 20.3 Å². The number of hydrogen-bond donors (Lipinski definition) is 2. The lowest BCUT2D eigenvalue weighted by molar-refractivity contribution is -0.127. The fourth-order valence-electron chi connectivity index (χ4n) is 1.13. The third-order valence-corrected chi connectivity index (χ3v) is 2.78. The Morgan fingerprint density at radius 1 is 1.29 bits per heavy atom. The summed E-state index contributed by atoms with van der Waals surface area (Å²) in [6, 6.07) is 0. The van der Waals surface area contributed by atoms with Crippen molar-refractivity contribution in [3.05, 3.63) is 0 Å². The predicted octanol–water partition coefficient (Wildman–Crippen LogP) is 1.31. The second-order valence-corrected chi connectivity index (χ2v) is 6.05. The second-order valence-electron chi connectivity index (χ2n) is 6.05. The minimum Gasteiger partial charge on any atom is -0.377 e. The highest BCUT2D eigenvalue weighted by molar-refractivity contribution is 14.0. The fourth-order valence-corrected chi connectivity index (χ4v) is 1.13. The van der Waals surface area contributed by atoms with Crippen molar-refractivity contribution in [3.63, 3.8) is 0 Å². The highest BCUT2D eigenvalue weighted by atomic mass is 127. The highest BCUT2D eigenvalue weighted by Crippen LogP contribution is 2.04. The van der Waals surface area contributed by atoms with Crippen molar-refractivity contribution in [2.24, 2.45) is 10.9 Å². The number of amides is 1. The number of likely N-dealkylation sites (N-methyl/N-ethyl adjacent to an activating group) is 1. The monoisotopic (exact) mass is 414 g/mol. The predicted molar refractivity (Wildman–Crippen MR) is 98.3 cm³/mol. The van der Waals surface area contributed by atoms with Gasteiger partial charge in [0.25, 0.3) is 0 Å². The fraction of sp³-hybridized carbons (Fsp3) is 0.857. The van der Waals surface area contributed by atoms with E-state index >= 15 is 0 Å². The molecular formula is C14H31IN4O2. The second kappa shape index (κ2) is 11.1. The lowest BCUT2D eigenvalue weighted by Gasteiger charge is -2.25. The molecule has 0 aliphatic rings. The van der Waals surface area contributed by atoms with Gasteiger partial charge in [0.15, 0.2) is 5.96 Å². The van der Waals surface area contributed by atoms with Gasteiger partial charge in [-0.15, -0.1) is 24.0 Å². The van der Waals surface area contributed by atoms with Gasteiger partial charge in [-0.1, -0.05) is 13.8 Å². The lowest BCUT2D eigenvalue weighted by atomic mass is 10.1. The topological polar surface area (TPSA) is 66.0 Å². The Hall–Kier alpha value is -0.570. The van der Waals surface area contributed by atoms with E-state index in [1.165, 1.54) is 4.90 Å². The molecule has 0 heterocycles. The molecule has 21 heavy (non-hydrogen) atoms. The quantitative estimate of drug-likeness (QED) is 0.375. The molecule has 0 rings (SSSR count). The first kappa shape index (κ1) is 22.7. The zero-order valence-corrected chi connectivity index (χ0v) is 16.6. The van der Waals surface area contributed by atoms with Gasteiger partial charge in [0, 0.05) is 34.3 Å². The van der Waals surface area contributed by atoms with Crippen molar-refractivity contribution in [1.82, 2.24) is 15.5 Å². The van der Waals surface area contributed by atoms with Gasteiger partial charge in [-0.3, -0.25) is 4.79 Å². The summed E-state index contributed by atoms with van der Waals surface area (Å²) in [6.07, 6.45) is 0. The van der Waals surface area contributed by atoms with Crippen LogP contribution in [0.2, 0.25) is 0 Å². The summed E-state index contributed by atoms with van der Waals surface area (Å²) in [6.45, 7) is 9.77. The Balaban J connectivity index is 0. The Labute approximate surface area is 146 Å². The van der Waals surface area contributed by atoms with Crippen LogP contribution in [0.5, 0.6) is 0 Å². The summed E-state index contributed by atoms with van der Waals surface area (Å²) in [5.41, 5.74) is -0.286. The number of hydrogen-bond acceptors (Lipinski definition) is 3. The van der Waals surface area contributed by atoms with Crippen LogP contribution in [-0.2, 0) is 9.53 Å². The number of aliphatic imine (C=N–C) groups is 1. The van der Waals surface area contributed by atoms with Crippen molar-refractivity contribution in [1.29, 1.82) is 0 Å². The molecule has 0 saturated heterocycles. The van der Waals surface area contributed by atoms with Gasteiger partial charge in [0.1, 0.15) is 6.54 Å². The maximum absolute atomic E-state index is 11.6. The minimum absolute atomic E-state index is 0. The molecule has 7 heteroatoms. The van der Waals surface area contributed by atoms with Gasteiger partial charge in [0.05, 0.1) is 5.60 Å². The van der Waals surface area contributed by atoms with E-state index in [1.807, 2.05) is 13.8 Å². The maximum atomic E-state index is 11.6. The van der Waals surface area contributed by atoms with Gasteiger partial charge in [0.2, 0.25) is 5.91 Å². The Morgan fingerprint density at radius 2 is 1.86 bits per heavy atom. The van der Waals surface area contributed by atoms with Crippen LogP contribution in [0.15, 0.2) is 4.99 Å². The maximum Gasteiger partial charge on any atom is 0.243 e. The van der Waals surface area contributed by atoms with E-state index in [0.29, 0.717) is 18.4 Å². The summed E-state index contributed by atoms with van der Waals surface area (Å²) in [4.78, 5) is 17.4. The number of carbonyl (C=O) groups excluding carboxylic acids is 1. The first-order valence-corrected chi connectivity index (χ1v) is 6.95. The van der Waals surface area contributed by atoms with Crippen LogP contribution in [0.1, 0.15) is 27.7 Å². The van der Waals surface area contributed by atoms with Crippen LogP contribution in [0.25, 0.3) is 0 Å². The van der Waals surface area contributed by atoms with E-state index in [-0.39, 0.29) is 42.0 Å². The zero-order valence-electron chi connectivity index (χ0n) is 14.3. The van der Waals surface area contributed by atoms with Gasteiger partial charge in [-0.05, 0) is 19.8 Å². The molecular weight excluding hydrogens is 383 g/mol. The number of halogens is 1. The van der Waals surface area contributed by atoms with Gasteiger partial charge >= 0.3 is 0 Å². The zero-order chi connectivity index (χ0) is 15.8. The molecule has 0 aromatic heterocycles. The van der Waals surface area contributed by atoms with Crippen LogP contribution in [0.3, 0.4) is 0 Å². The Morgan fingerprint density at radius 3 is 2.29 bits per heavy atom. The molecule has 0 fully saturated rings. The van der Waals surface area contributed by atoms with Crippen molar-refractivity contribution in [2.75, 3.05) is 40.8 Å². The van der Waals surface area contributed by atoms with Crippen LogP contribution in [-0.4, -0.2) is 63.2 Å². The SMILES string of the molecule is COC(C)(C)CNC(=NCC(=O)N(C)C)NCC(C)C.I. The van der Waals surface area contributed by atoms with Crippen molar-refractivity contribution in [3.8, 4) is 0 Å². The largest absolute Gasteiger partial charge is 0.377 e. The van der Waals surface area contributed by atoms with Crippen LogP contribution in [0, 0.1) is 5.92 Å². The van der Waals surface area contributed by atoms with Crippen molar-refractivity contribution >= 4 is 35.8 Å². The number of rotatable bonds is 7. The van der Waals surface area contributed by atoms with E-state index in [4.69, 9.17) is 4.74 Å². The molecule has 0 saturated carbocycles. The molecule has 0 aliphatic heterocycles. The third-order valence-electron chi connectivity index (χ3n) is 2.78. The Bertz CT molecular complexity index is 331. The first-order valence-electron chi connectivity index (χ1n) is 6.95. The number of nitrogens with zero attached hydrogens (tertiary/aromatic N) is 2. The molecule has 0 aromatic rings. The minimum atomic E-state index is -0.286. The first-order chi connectivity index (χ1) is 9.18. The van der Waals surface area contributed by atoms with Crippen molar-refractivity contribution in [2.45, 2.75) is 33.3 Å². The van der Waals surface area contributed by atoms with Crippen LogP contribution < -0.4 is 10.6 Å². The van der Waals surface area contributed by atoms with Crippen LogP contribution >= 0.6 is 24.0 Å². The van der Waals surface area contributed by atoms with Crippen molar-refractivity contribution < 1.29 is 9.53 Å². The number of nitrogens with one attached hydrogen (secondary N) is 2. The average molecular weight is 414 g/mol. The molecule has 0 unspecified atom stereocenters. The molecule has 0 bridgehead atoms. The summed E-state index contributed by atoms with van der Waals surface area (Å²) < 4.78 is 5.36. The molecule has 0 atom stereocenters. The Kier molecular flexibility index (Phi) is 12.0. The van der Waals surface area contributed by atoms with Crippen LogP contribution in [0.4, 0.5) is 0 Å². The van der Waals surface area contributed by atoms with E-state index in [2.05, 4.69) is 29.5 Å². The summed E-state index contributed by atoms with van der Waals surface area (Å²) >= 11 is 0. The number of guanidine groups is 1. The van der Waals surface area contributed by atoms with E-state index in [1.54, 1.807) is 21.2 Å². The standard InChI is InChI=1S/C14H30N4O2.HI/c1-11(2)8-15-13(16-9-12(19)18(5)6)17-10-14(3,4)20-7;/h11H,8-10H2,1-7H3,(H2,15,16,17);1H. The van der Waals surface area contributed by atoms with Gasteiger partial charge in [-0.2, -0.15) is 0 Å². The molecule has 0 spiro atoms. The van der Waals surface area contributed by atoms with E-state index in [9.17, 15) is 4.79 Å². The van der Waals surface area contributed by atoms with Gasteiger partial charge in [-0.25, -0.2) is 4.99 Å². The number of methoxy groups -OCH3 is 1. The summed E-state index contributed by atoms with van der Waals surface area (Å²) in [7, 11) is 5.12. The molecule has 2 N–H and O–H groups in total. The number of ether oxygens (including phenoxy) is 1. The molecule has 0 aromatic carbocycles. The summed E-state index contributed by atoms with van der Waals surface area (Å²) in [5.74, 6) is 1.11. The van der Waals surface area contributed by atoms with E-state index < -0.39 is 0 Å². The molecule has 126 valence electrons. The molecule has 0 aliphatic carbocycles. The summed E-state index contributed by atoms with van der Waals surface area (Å²) in [5, 5.41) is 6.43. The number of carbonyl (C=O) groups is 1.